The minimum Gasteiger partial charge on any atom is -0.0776 e. The van der Waals surface area contributed by atoms with Crippen LogP contribution in [0.15, 0.2) is 109 Å². The van der Waals surface area contributed by atoms with Gasteiger partial charge in [-0.1, -0.05) is 394 Å². The molecule has 0 aromatic heterocycles. The molecule has 0 heteroatoms. The fraction of sp³-hybridized carbons (Fsp3) is 0.709. The van der Waals surface area contributed by atoms with Gasteiger partial charge in [0.05, 0.1) is 0 Å². The van der Waals surface area contributed by atoms with Crippen molar-refractivity contribution in [1.29, 1.82) is 0 Å². The fourth-order valence-electron chi connectivity index (χ4n) is 16.0. The summed E-state index contributed by atoms with van der Waals surface area (Å²) in [7, 11) is 0. The van der Waals surface area contributed by atoms with Crippen LogP contribution in [-0.2, 0) is 17.3 Å². The van der Waals surface area contributed by atoms with Crippen molar-refractivity contribution in [1.82, 2.24) is 0 Å². The molecule has 3 aliphatic carbocycles. The smallest absolute Gasteiger partial charge is 0.00258 e. The molecule has 0 heterocycles. The summed E-state index contributed by atoms with van der Waals surface area (Å²) in [6.45, 7) is 76.7. The Morgan fingerprint density at radius 2 is 0.689 bits per heavy atom. The van der Waals surface area contributed by atoms with Crippen LogP contribution in [0.5, 0.6) is 0 Å². The number of rotatable bonds is 18. The highest BCUT2D eigenvalue weighted by Gasteiger charge is 2.43. The lowest BCUT2D eigenvalue weighted by molar-refractivity contribution is 0.00398. The molecule has 103 heavy (non-hydrogen) atoms. The maximum Gasteiger partial charge on any atom is -0.00258 e. The average molecular weight is 1420 g/mol. The third-order valence-electron chi connectivity index (χ3n) is 25.3. The van der Waals surface area contributed by atoms with Crippen LogP contribution in [0.4, 0.5) is 0 Å². The van der Waals surface area contributed by atoms with Gasteiger partial charge in [-0.15, -0.1) is 0 Å². The lowest BCUT2D eigenvalue weighted by atomic mass is 9.55. The van der Waals surface area contributed by atoms with E-state index in [1.54, 1.807) is 6.42 Å². The van der Waals surface area contributed by atoms with Crippen molar-refractivity contribution in [2.75, 3.05) is 0 Å². The zero-order valence-corrected chi connectivity index (χ0v) is 70.4. The normalized spacial score (nSPS) is 19.4. The van der Waals surface area contributed by atoms with Gasteiger partial charge in [-0.25, -0.2) is 0 Å². The van der Waals surface area contributed by atoms with Gasteiger partial charge < -0.3 is 0 Å². The molecule has 5 aromatic rings. The van der Waals surface area contributed by atoms with Crippen LogP contribution >= 0.6 is 0 Å². The summed E-state index contributed by atoms with van der Waals surface area (Å²) in [6.07, 6.45) is 19.1. The van der Waals surface area contributed by atoms with Crippen molar-refractivity contribution in [3.63, 3.8) is 0 Å². The molecule has 596 valence electrons. The Morgan fingerprint density at radius 1 is 0.359 bits per heavy atom. The monoisotopic (exact) mass is 1420 g/mol. The first-order valence-electron chi connectivity index (χ1n) is 40.4. The molecule has 3 aliphatic rings. The minimum atomic E-state index is 0. The average Bonchev–Trinajstić information content (AvgIpc) is 0.792. The van der Waals surface area contributed by atoms with E-state index in [0.717, 1.165) is 59.7 Å². The number of aryl methyl sites for hydroxylation is 1. The predicted molar refractivity (Wildman–Crippen MR) is 479 cm³/mol. The Kier molecular flexibility index (Phi) is 49.7. The summed E-state index contributed by atoms with van der Waals surface area (Å²) in [5.74, 6) is 13.7. The summed E-state index contributed by atoms with van der Waals surface area (Å²) in [6, 6.07) is 40.7. The molecule has 0 spiro atoms. The Morgan fingerprint density at radius 3 is 0.990 bits per heavy atom. The molecular weight excluding hydrogens is 1240 g/mol. The van der Waals surface area contributed by atoms with Gasteiger partial charge >= 0.3 is 0 Å². The SMILES string of the molecule is C.C.C.C.C.C.CC(C)C(C)(C)c1cccc(C(C)(C)C(C)C)c1.CC(C)C1CC(C)(C)CC(C)(C(C)C)C1.CC(C)C1CCC(CC2CCC(C(C)C)CC2)CC1.CC(C)c1ccc(Cc2ccc(C(C)C)cc2)cc1.Cc1c(C(C)C)cccc1C(C)C.Cc1ccc(C(C)C)cc1C(C)C. The molecule has 0 nitrogen and oxygen atoms in total. The Balaban J connectivity index is -0.000000568. The predicted octanol–water partition coefficient (Wildman–Crippen LogP) is 34.8. The van der Waals surface area contributed by atoms with E-state index in [4.69, 9.17) is 0 Å². The zero-order chi connectivity index (χ0) is 73.7. The molecule has 0 amide bonds. The van der Waals surface area contributed by atoms with E-state index in [1.165, 1.54) is 137 Å². The largest absolute Gasteiger partial charge is 0.0776 e. The first-order valence-corrected chi connectivity index (χ1v) is 40.4. The van der Waals surface area contributed by atoms with E-state index >= 15 is 0 Å². The topological polar surface area (TPSA) is 0 Å². The molecule has 0 saturated heterocycles. The highest BCUT2D eigenvalue weighted by molar-refractivity contribution is 5.39. The van der Waals surface area contributed by atoms with Gasteiger partial charge in [-0.05, 0) is 261 Å². The molecule has 0 bridgehead atoms. The number of benzene rings is 5. The van der Waals surface area contributed by atoms with E-state index in [1.807, 2.05) is 0 Å². The molecule has 0 N–H and O–H groups in total. The van der Waals surface area contributed by atoms with Crippen LogP contribution in [0.2, 0.25) is 0 Å². The van der Waals surface area contributed by atoms with E-state index in [9.17, 15) is 0 Å². The quantitative estimate of drug-likeness (QED) is 0.0820. The Hall–Kier alpha value is -3.90. The first kappa shape index (κ1) is 105. The van der Waals surface area contributed by atoms with E-state index in [-0.39, 0.29) is 55.4 Å². The van der Waals surface area contributed by atoms with Crippen LogP contribution in [0.3, 0.4) is 0 Å². The van der Waals surface area contributed by atoms with Gasteiger partial charge in [-0.2, -0.15) is 0 Å². The second kappa shape index (κ2) is 48.5. The van der Waals surface area contributed by atoms with Crippen molar-refractivity contribution in [3.8, 4) is 0 Å². The number of hydrogen-bond donors (Lipinski definition) is 0. The Bertz CT molecular complexity index is 2790. The number of hydrogen-bond acceptors (Lipinski definition) is 0. The maximum atomic E-state index is 2.51. The van der Waals surface area contributed by atoms with Crippen molar-refractivity contribution < 1.29 is 0 Å². The van der Waals surface area contributed by atoms with Crippen LogP contribution in [0.1, 0.15) is 439 Å². The maximum absolute atomic E-state index is 2.51. The molecule has 5 aromatic carbocycles. The molecule has 2 unspecified atom stereocenters. The standard InChI is InChI=1S/C19H36.C19H24.C18H30.C15H30.2C13H20.6CH4/c2*1-14(2)18-9-5-16(6-10-18)13-17-7-11-19(12-8-17)15(3)4;1-13(2)17(5,6)15-10-9-11-16(12-15)18(7,8)14(3)4;1-11(2)13-8-14(5,6)10-15(7,9-13)12(3)4;1-9(2)12-7-6-11(5)13(8-12)10(3)4;1-9(2)12-7-6-8-13(10(3)4)11(12)5;;;;;;/h14-19H,5-13H2,1-4H3;5-12,14-15H,13H2,1-4H3;9-14H,1-8H3;11-13H,8-10H2,1-7H3;2*6-10H,1-5H3;6*1H4. The molecule has 3 saturated carbocycles. The van der Waals surface area contributed by atoms with Crippen LogP contribution in [0, 0.1) is 89.8 Å². The summed E-state index contributed by atoms with van der Waals surface area (Å²) in [5, 5.41) is 0. The van der Waals surface area contributed by atoms with E-state index < -0.39 is 0 Å². The second-order valence-corrected chi connectivity index (χ2v) is 37.9. The highest BCUT2D eigenvalue weighted by Crippen LogP contribution is 2.54. The molecule has 0 aliphatic heterocycles. The third kappa shape index (κ3) is 34.1. The van der Waals surface area contributed by atoms with Crippen LogP contribution in [0.25, 0.3) is 0 Å². The van der Waals surface area contributed by atoms with Crippen LogP contribution in [-0.4, -0.2) is 0 Å². The zero-order valence-electron chi connectivity index (χ0n) is 70.4. The van der Waals surface area contributed by atoms with E-state index in [0.29, 0.717) is 58.2 Å². The summed E-state index contributed by atoms with van der Waals surface area (Å²) in [5.41, 5.74) is 19.0. The lowest BCUT2D eigenvalue weighted by Gasteiger charge is -2.50. The molecule has 0 radical (unpaired) electrons. The van der Waals surface area contributed by atoms with Gasteiger partial charge in [0.1, 0.15) is 0 Å². The minimum absolute atomic E-state index is 0. The molecular formula is C103H184. The van der Waals surface area contributed by atoms with E-state index in [2.05, 4.69) is 338 Å². The molecule has 8 rings (SSSR count). The van der Waals surface area contributed by atoms with Crippen molar-refractivity contribution >= 4 is 0 Å². The first-order chi connectivity index (χ1) is 44.9. The van der Waals surface area contributed by atoms with Crippen LogP contribution < -0.4 is 0 Å². The molecule has 2 atom stereocenters. The third-order valence-corrected chi connectivity index (χ3v) is 25.3. The van der Waals surface area contributed by atoms with Gasteiger partial charge in [0, 0.05) is 0 Å². The Labute approximate surface area is 650 Å². The van der Waals surface area contributed by atoms with Crippen molar-refractivity contribution in [2.24, 2.45) is 75.9 Å². The van der Waals surface area contributed by atoms with Crippen molar-refractivity contribution in [2.45, 2.75) is 403 Å². The van der Waals surface area contributed by atoms with Gasteiger partial charge in [0.15, 0.2) is 0 Å². The highest BCUT2D eigenvalue weighted by atomic mass is 14.5. The fourth-order valence-corrected chi connectivity index (χ4v) is 16.0. The summed E-state index contributed by atoms with van der Waals surface area (Å²) < 4.78 is 0. The molecule has 3 fully saturated rings. The lowest BCUT2D eigenvalue weighted by Crippen LogP contribution is -2.40. The second-order valence-electron chi connectivity index (χ2n) is 37.9. The van der Waals surface area contributed by atoms with Gasteiger partial charge in [-0.3, -0.25) is 0 Å². The van der Waals surface area contributed by atoms with Gasteiger partial charge in [0.2, 0.25) is 0 Å². The van der Waals surface area contributed by atoms with Gasteiger partial charge in [0.25, 0.3) is 0 Å². The van der Waals surface area contributed by atoms with Crippen molar-refractivity contribution in [3.05, 3.63) is 176 Å². The summed E-state index contributed by atoms with van der Waals surface area (Å²) >= 11 is 0. The summed E-state index contributed by atoms with van der Waals surface area (Å²) in [4.78, 5) is 0.